The van der Waals surface area contributed by atoms with Crippen molar-refractivity contribution in [3.63, 3.8) is 0 Å². The van der Waals surface area contributed by atoms with Gasteiger partial charge in [-0.15, -0.1) is 5.10 Å². The maximum atomic E-state index is 12.2. The molecule has 8 nitrogen and oxygen atoms in total. The molecular formula is C17H17N5O3. The molecular weight excluding hydrogens is 322 g/mol. The molecule has 3 rings (SSSR count). The molecule has 0 atom stereocenters. The zero-order valence-corrected chi connectivity index (χ0v) is 14.1. The van der Waals surface area contributed by atoms with Crippen molar-refractivity contribution in [2.75, 3.05) is 5.32 Å². The molecule has 2 aromatic heterocycles. The Kier molecular flexibility index (Phi) is 4.42. The molecule has 0 aliphatic rings. The quantitative estimate of drug-likeness (QED) is 0.717. The van der Waals surface area contributed by atoms with Crippen molar-refractivity contribution >= 4 is 17.7 Å². The summed E-state index contributed by atoms with van der Waals surface area (Å²) < 4.78 is 7.20. The van der Waals surface area contributed by atoms with Gasteiger partial charge in [0.15, 0.2) is 5.78 Å². The van der Waals surface area contributed by atoms with E-state index < -0.39 is 5.91 Å². The third-order valence-corrected chi connectivity index (χ3v) is 3.56. The number of carbonyl (C=O) groups excluding carboxylic acids is 2. The van der Waals surface area contributed by atoms with Gasteiger partial charge in [0.1, 0.15) is 5.69 Å². The molecule has 0 unspecified atom stereocenters. The van der Waals surface area contributed by atoms with Crippen LogP contribution in [0.25, 0.3) is 11.6 Å². The van der Waals surface area contributed by atoms with Gasteiger partial charge in [0.25, 0.3) is 11.8 Å². The largest absolute Gasteiger partial charge is 0.401 e. The van der Waals surface area contributed by atoms with Crippen molar-refractivity contribution in [3.8, 4) is 11.6 Å². The van der Waals surface area contributed by atoms with Crippen LogP contribution in [0.15, 0.2) is 40.9 Å². The molecule has 0 bridgehead atoms. The molecule has 1 aromatic carbocycles. The summed E-state index contributed by atoms with van der Waals surface area (Å²) >= 11 is 0. The lowest BCUT2D eigenvalue weighted by Crippen LogP contribution is -2.12. The highest BCUT2D eigenvalue weighted by atomic mass is 16.4. The molecule has 0 aliphatic heterocycles. The number of carbonyl (C=O) groups is 2. The van der Waals surface area contributed by atoms with E-state index in [4.69, 9.17) is 4.42 Å². The molecule has 25 heavy (non-hydrogen) atoms. The summed E-state index contributed by atoms with van der Waals surface area (Å²) in [7, 11) is 0. The second-order valence-electron chi connectivity index (χ2n) is 5.77. The molecule has 2 heterocycles. The van der Waals surface area contributed by atoms with Gasteiger partial charge in [0.2, 0.25) is 0 Å². The van der Waals surface area contributed by atoms with E-state index in [1.54, 1.807) is 35.0 Å². The number of nitrogens with one attached hydrogen (secondary N) is 1. The first-order chi connectivity index (χ1) is 11.9. The van der Waals surface area contributed by atoms with Gasteiger partial charge in [-0.3, -0.25) is 19.6 Å². The van der Waals surface area contributed by atoms with Crippen molar-refractivity contribution in [3.05, 3.63) is 47.7 Å². The maximum absolute atomic E-state index is 12.2. The number of nitrogens with zero attached hydrogens (tertiary/aromatic N) is 4. The second-order valence-corrected chi connectivity index (χ2v) is 5.77. The second kappa shape index (κ2) is 6.68. The third-order valence-electron chi connectivity index (χ3n) is 3.56. The average Bonchev–Trinajstić information content (AvgIpc) is 3.23. The summed E-state index contributed by atoms with van der Waals surface area (Å²) in [6.45, 7) is 5.48. The van der Waals surface area contributed by atoms with E-state index in [1.807, 2.05) is 20.0 Å². The highest BCUT2D eigenvalue weighted by Gasteiger charge is 2.15. The predicted molar refractivity (Wildman–Crippen MR) is 90.3 cm³/mol. The number of anilines is 1. The lowest BCUT2D eigenvalue weighted by molar-refractivity contribution is 0.100. The standard InChI is InChI=1S/C17H17N5O3/c1-10(2)22-9-8-14(21-22)16-19-20-17(25-16)18-15(24)13-6-4-12(5-7-13)11(3)23/h4-10H,1-3H3,(H,18,20,24). The van der Waals surface area contributed by atoms with E-state index in [-0.39, 0.29) is 23.7 Å². The molecule has 128 valence electrons. The summed E-state index contributed by atoms with van der Waals surface area (Å²) in [5.41, 5.74) is 1.46. The van der Waals surface area contributed by atoms with Gasteiger partial charge in [0.05, 0.1) is 0 Å². The number of aromatic nitrogens is 4. The summed E-state index contributed by atoms with van der Waals surface area (Å²) in [5.74, 6) is -0.242. The fraction of sp³-hybridized carbons (Fsp3) is 0.235. The van der Waals surface area contributed by atoms with Crippen LogP contribution in [-0.2, 0) is 0 Å². The van der Waals surface area contributed by atoms with E-state index in [0.717, 1.165) is 0 Å². The van der Waals surface area contributed by atoms with Crippen molar-refractivity contribution in [1.29, 1.82) is 0 Å². The summed E-state index contributed by atoms with van der Waals surface area (Å²) in [6.07, 6.45) is 1.82. The highest BCUT2D eigenvalue weighted by molar-refractivity contribution is 6.04. The van der Waals surface area contributed by atoms with Gasteiger partial charge in [-0.1, -0.05) is 17.2 Å². The maximum Gasteiger partial charge on any atom is 0.322 e. The van der Waals surface area contributed by atoms with Crippen LogP contribution in [-0.4, -0.2) is 31.7 Å². The minimum atomic E-state index is -0.405. The number of rotatable bonds is 5. The zero-order valence-electron chi connectivity index (χ0n) is 14.1. The third kappa shape index (κ3) is 3.63. The van der Waals surface area contributed by atoms with Crippen molar-refractivity contribution in [2.45, 2.75) is 26.8 Å². The Morgan fingerprint density at radius 1 is 1.08 bits per heavy atom. The lowest BCUT2D eigenvalue weighted by Gasteiger charge is -2.02. The van der Waals surface area contributed by atoms with Gasteiger partial charge >= 0.3 is 6.01 Å². The van der Waals surface area contributed by atoms with Gasteiger partial charge in [-0.2, -0.15) is 5.10 Å². The first kappa shape index (κ1) is 16.6. The zero-order chi connectivity index (χ0) is 18.0. The SMILES string of the molecule is CC(=O)c1ccc(C(=O)Nc2nnc(-c3ccn(C(C)C)n3)o2)cc1. The van der Waals surface area contributed by atoms with Gasteiger partial charge in [-0.05, 0) is 39.0 Å². The minimum absolute atomic E-state index is 0.0188. The number of hydrogen-bond acceptors (Lipinski definition) is 6. The number of amides is 1. The Morgan fingerprint density at radius 3 is 2.36 bits per heavy atom. The molecule has 0 fully saturated rings. The molecule has 1 N–H and O–H groups in total. The van der Waals surface area contributed by atoms with E-state index in [0.29, 0.717) is 16.8 Å². The monoisotopic (exact) mass is 339 g/mol. The first-order valence-corrected chi connectivity index (χ1v) is 7.75. The summed E-state index contributed by atoms with van der Waals surface area (Å²) in [5, 5.41) is 14.6. The van der Waals surface area contributed by atoms with E-state index in [9.17, 15) is 9.59 Å². The van der Waals surface area contributed by atoms with Crippen LogP contribution < -0.4 is 5.32 Å². The van der Waals surface area contributed by atoms with E-state index in [2.05, 4.69) is 20.6 Å². The number of ketones is 1. The Labute approximate surface area is 143 Å². The number of Topliss-reactive ketones (excluding diaryl/α,β-unsaturated/α-hetero) is 1. The Hall–Kier alpha value is -3.29. The van der Waals surface area contributed by atoms with Crippen molar-refractivity contribution in [2.24, 2.45) is 0 Å². The molecule has 8 heteroatoms. The fourth-order valence-corrected chi connectivity index (χ4v) is 2.14. The summed E-state index contributed by atoms with van der Waals surface area (Å²) in [6, 6.07) is 8.27. The van der Waals surface area contributed by atoms with Crippen LogP contribution >= 0.6 is 0 Å². The number of benzene rings is 1. The molecule has 0 spiro atoms. The minimum Gasteiger partial charge on any atom is -0.401 e. The summed E-state index contributed by atoms with van der Waals surface area (Å²) in [4.78, 5) is 23.4. The van der Waals surface area contributed by atoms with E-state index in [1.165, 1.54) is 6.92 Å². The highest BCUT2D eigenvalue weighted by Crippen LogP contribution is 2.19. The predicted octanol–water partition coefficient (Wildman–Crippen LogP) is 2.97. The van der Waals surface area contributed by atoms with Crippen molar-refractivity contribution < 1.29 is 14.0 Å². The molecule has 0 aliphatic carbocycles. The fourth-order valence-electron chi connectivity index (χ4n) is 2.14. The van der Waals surface area contributed by atoms with Crippen LogP contribution in [0.2, 0.25) is 0 Å². The smallest absolute Gasteiger partial charge is 0.322 e. The Morgan fingerprint density at radius 2 is 1.76 bits per heavy atom. The first-order valence-electron chi connectivity index (χ1n) is 7.75. The van der Waals surface area contributed by atoms with Crippen LogP contribution in [0.3, 0.4) is 0 Å². The van der Waals surface area contributed by atoms with Crippen LogP contribution in [0.5, 0.6) is 0 Å². The number of hydrogen-bond donors (Lipinski definition) is 1. The Bertz CT molecular complexity index is 909. The van der Waals surface area contributed by atoms with Gasteiger partial charge in [-0.25, -0.2) is 0 Å². The molecule has 0 saturated heterocycles. The van der Waals surface area contributed by atoms with Crippen LogP contribution in [0, 0.1) is 0 Å². The average molecular weight is 339 g/mol. The molecule has 0 saturated carbocycles. The lowest BCUT2D eigenvalue weighted by atomic mass is 10.1. The molecule has 1 amide bonds. The van der Waals surface area contributed by atoms with Gasteiger partial charge in [0, 0.05) is 23.4 Å². The van der Waals surface area contributed by atoms with Crippen molar-refractivity contribution in [1.82, 2.24) is 20.0 Å². The van der Waals surface area contributed by atoms with Crippen LogP contribution in [0.4, 0.5) is 6.01 Å². The van der Waals surface area contributed by atoms with E-state index >= 15 is 0 Å². The Balaban J connectivity index is 1.72. The molecule has 3 aromatic rings. The normalized spacial score (nSPS) is 10.9. The topological polar surface area (TPSA) is 103 Å². The van der Waals surface area contributed by atoms with Crippen LogP contribution in [0.1, 0.15) is 47.5 Å². The van der Waals surface area contributed by atoms with Gasteiger partial charge < -0.3 is 4.42 Å². The molecule has 0 radical (unpaired) electrons.